The molecule has 1 heterocycles. The van der Waals surface area contributed by atoms with Crippen LogP contribution in [0.3, 0.4) is 0 Å². The molecule has 23 heavy (non-hydrogen) atoms. The van der Waals surface area contributed by atoms with Gasteiger partial charge in [-0.05, 0) is 31.0 Å². The van der Waals surface area contributed by atoms with E-state index in [0.29, 0.717) is 35.8 Å². The Morgan fingerprint density at radius 2 is 2.13 bits per heavy atom. The van der Waals surface area contributed by atoms with E-state index < -0.39 is 12.0 Å². The van der Waals surface area contributed by atoms with Gasteiger partial charge in [-0.2, -0.15) is 0 Å². The van der Waals surface area contributed by atoms with Crippen LogP contribution in [-0.2, 0) is 9.59 Å². The summed E-state index contributed by atoms with van der Waals surface area (Å²) in [4.78, 5) is 35.6. The number of carboxylic acid groups (broad SMARTS) is 1. The van der Waals surface area contributed by atoms with Crippen LogP contribution >= 0.6 is 11.6 Å². The molecule has 0 unspecified atom stereocenters. The molecular formula is C15H18ClN3O4. The molecule has 8 heteroatoms. The summed E-state index contributed by atoms with van der Waals surface area (Å²) >= 11 is 6.06. The number of carbonyl (C=O) groups excluding carboxylic acids is 2. The zero-order valence-electron chi connectivity index (χ0n) is 12.5. The van der Waals surface area contributed by atoms with Crippen LogP contribution in [0.4, 0.5) is 16.2 Å². The second-order valence-electron chi connectivity index (χ2n) is 5.19. The lowest BCUT2D eigenvalue weighted by Crippen LogP contribution is -2.30. The smallest absolute Gasteiger partial charge is 0.319 e. The van der Waals surface area contributed by atoms with Gasteiger partial charge in [0.25, 0.3) is 0 Å². The average molecular weight is 340 g/mol. The van der Waals surface area contributed by atoms with Crippen molar-refractivity contribution in [1.82, 2.24) is 5.32 Å². The average Bonchev–Trinajstić information content (AvgIpc) is 2.92. The van der Waals surface area contributed by atoms with E-state index in [1.165, 1.54) is 0 Å². The summed E-state index contributed by atoms with van der Waals surface area (Å²) in [7, 11) is 0. The monoisotopic (exact) mass is 339 g/mol. The second-order valence-corrected chi connectivity index (χ2v) is 5.60. The largest absolute Gasteiger partial charge is 0.481 e. The summed E-state index contributed by atoms with van der Waals surface area (Å²) in [6, 6.07) is 4.55. The highest BCUT2D eigenvalue weighted by atomic mass is 35.5. The van der Waals surface area contributed by atoms with Crippen molar-refractivity contribution in [3.63, 3.8) is 0 Å². The molecule has 1 aliphatic rings. The number of carboxylic acids is 1. The first-order valence-electron chi connectivity index (χ1n) is 7.34. The van der Waals surface area contributed by atoms with Crippen molar-refractivity contribution in [2.75, 3.05) is 23.3 Å². The van der Waals surface area contributed by atoms with Crippen LogP contribution in [0.5, 0.6) is 0 Å². The molecule has 0 aromatic heterocycles. The Kier molecular flexibility index (Phi) is 5.81. The predicted molar refractivity (Wildman–Crippen MR) is 86.9 cm³/mol. The second kappa shape index (κ2) is 7.82. The third-order valence-electron chi connectivity index (χ3n) is 3.44. The van der Waals surface area contributed by atoms with E-state index in [4.69, 9.17) is 16.7 Å². The number of amides is 3. The van der Waals surface area contributed by atoms with E-state index in [-0.39, 0.29) is 18.9 Å². The van der Waals surface area contributed by atoms with Crippen LogP contribution in [0.1, 0.15) is 25.7 Å². The zero-order chi connectivity index (χ0) is 16.8. The molecule has 0 saturated carbocycles. The Bertz CT molecular complexity index is 621. The molecule has 1 saturated heterocycles. The maximum atomic E-state index is 11.8. The number of aliphatic carboxylic acids is 1. The first-order valence-corrected chi connectivity index (χ1v) is 7.72. The number of rotatable bonds is 6. The Morgan fingerprint density at radius 3 is 2.78 bits per heavy atom. The summed E-state index contributed by atoms with van der Waals surface area (Å²) in [5.74, 6) is -0.852. The first kappa shape index (κ1) is 17.1. The van der Waals surface area contributed by atoms with Gasteiger partial charge in [0.2, 0.25) is 5.91 Å². The molecule has 0 aliphatic carbocycles. The number of hydrogen-bond donors (Lipinski definition) is 3. The molecule has 1 aromatic rings. The van der Waals surface area contributed by atoms with Crippen molar-refractivity contribution in [1.29, 1.82) is 0 Å². The quantitative estimate of drug-likeness (QED) is 0.693. The number of nitrogens with zero attached hydrogens (tertiary/aromatic N) is 1. The zero-order valence-corrected chi connectivity index (χ0v) is 13.2. The SMILES string of the molecule is O=C(O)CCCNC(=O)Nc1cc(N2CCCC2=O)ccc1Cl. The van der Waals surface area contributed by atoms with Crippen LogP contribution in [0.25, 0.3) is 0 Å². The maximum absolute atomic E-state index is 11.8. The van der Waals surface area contributed by atoms with E-state index in [1.807, 2.05) is 0 Å². The summed E-state index contributed by atoms with van der Waals surface area (Å²) in [5, 5.41) is 14.1. The number of nitrogens with one attached hydrogen (secondary N) is 2. The van der Waals surface area contributed by atoms with E-state index in [1.54, 1.807) is 23.1 Å². The van der Waals surface area contributed by atoms with E-state index >= 15 is 0 Å². The number of carbonyl (C=O) groups is 3. The fourth-order valence-corrected chi connectivity index (χ4v) is 2.47. The van der Waals surface area contributed by atoms with Gasteiger partial charge in [-0.3, -0.25) is 9.59 Å². The van der Waals surface area contributed by atoms with Gasteiger partial charge in [0, 0.05) is 31.6 Å². The standard InChI is InChI=1S/C15H18ClN3O4/c16-11-6-5-10(19-8-2-3-13(19)20)9-12(11)18-15(23)17-7-1-4-14(21)22/h5-6,9H,1-4,7-8H2,(H,21,22)(H2,17,18,23). The van der Waals surface area contributed by atoms with E-state index in [0.717, 1.165) is 6.42 Å². The molecule has 1 fully saturated rings. The van der Waals surface area contributed by atoms with Crippen molar-refractivity contribution >= 4 is 40.9 Å². The van der Waals surface area contributed by atoms with Crippen molar-refractivity contribution in [3.05, 3.63) is 23.2 Å². The van der Waals surface area contributed by atoms with Gasteiger partial charge in [-0.25, -0.2) is 4.79 Å². The van der Waals surface area contributed by atoms with Gasteiger partial charge >= 0.3 is 12.0 Å². The molecule has 1 aromatic carbocycles. The fourth-order valence-electron chi connectivity index (χ4n) is 2.31. The molecule has 0 bridgehead atoms. The lowest BCUT2D eigenvalue weighted by Gasteiger charge is -2.17. The Labute approximate surface area is 138 Å². The van der Waals surface area contributed by atoms with Crippen LogP contribution in [0.15, 0.2) is 18.2 Å². The van der Waals surface area contributed by atoms with Crippen molar-refractivity contribution in [2.45, 2.75) is 25.7 Å². The molecule has 0 atom stereocenters. The normalized spacial score (nSPS) is 14.0. The Hall–Kier alpha value is -2.28. The van der Waals surface area contributed by atoms with Crippen LogP contribution in [0.2, 0.25) is 5.02 Å². The lowest BCUT2D eigenvalue weighted by atomic mass is 10.2. The first-order chi connectivity index (χ1) is 11.0. The predicted octanol–water partition coefficient (Wildman–Crippen LogP) is 2.45. The van der Waals surface area contributed by atoms with Crippen molar-refractivity contribution in [3.8, 4) is 0 Å². The summed E-state index contributed by atoms with van der Waals surface area (Å²) in [6.45, 7) is 0.904. The molecule has 0 radical (unpaired) electrons. The number of benzene rings is 1. The molecule has 1 aliphatic heterocycles. The maximum Gasteiger partial charge on any atom is 0.319 e. The van der Waals surface area contributed by atoms with E-state index in [2.05, 4.69) is 10.6 Å². The number of anilines is 2. The van der Waals surface area contributed by atoms with Gasteiger partial charge in [-0.1, -0.05) is 11.6 Å². The number of halogens is 1. The van der Waals surface area contributed by atoms with Crippen LogP contribution in [0, 0.1) is 0 Å². The molecule has 3 amide bonds. The highest BCUT2D eigenvalue weighted by molar-refractivity contribution is 6.33. The van der Waals surface area contributed by atoms with Gasteiger partial charge in [-0.15, -0.1) is 0 Å². The van der Waals surface area contributed by atoms with E-state index in [9.17, 15) is 14.4 Å². The molecule has 7 nitrogen and oxygen atoms in total. The molecular weight excluding hydrogens is 322 g/mol. The highest BCUT2D eigenvalue weighted by Crippen LogP contribution is 2.29. The third-order valence-corrected chi connectivity index (χ3v) is 3.77. The minimum absolute atomic E-state index is 0.00636. The van der Waals surface area contributed by atoms with Gasteiger partial charge in [0.15, 0.2) is 0 Å². The number of hydrogen-bond acceptors (Lipinski definition) is 3. The van der Waals surface area contributed by atoms with Gasteiger partial charge in [0.05, 0.1) is 10.7 Å². The topological polar surface area (TPSA) is 98.7 Å². The minimum Gasteiger partial charge on any atom is -0.481 e. The fraction of sp³-hybridized carbons (Fsp3) is 0.400. The minimum atomic E-state index is -0.904. The molecule has 0 spiro atoms. The molecule has 2 rings (SSSR count). The Balaban J connectivity index is 1.95. The summed E-state index contributed by atoms with van der Waals surface area (Å²) in [5.41, 5.74) is 1.10. The molecule has 124 valence electrons. The lowest BCUT2D eigenvalue weighted by molar-refractivity contribution is -0.137. The number of urea groups is 1. The summed E-state index contributed by atoms with van der Waals surface area (Å²) < 4.78 is 0. The van der Waals surface area contributed by atoms with Crippen LogP contribution < -0.4 is 15.5 Å². The Morgan fingerprint density at radius 1 is 1.35 bits per heavy atom. The van der Waals surface area contributed by atoms with Gasteiger partial charge < -0.3 is 20.6 Å². The highest BCUT2D eigenvalue weighted by Gasteiger charge is 2.22. The van der Waals surface area contributed by atoms with Crippen molar-refractivity contribution in [2.24, 2.45) is 0 Å². The summed E-state index contributed by atoms with van der Waals surface area (Å²) in [6.07, 6.45) is 1.68. The van der Waals surface area contributed by atoms with Gasteiger partial charge in [0.1, 0.15) is 0 Å². The third kappa shape index (κ3) is 4.85. The van der Waals surface area contributed by atoms with Crippen molar-refractivity contribution < 1.29 is 19.5 Å². The molecule has 3 N–H and O–H groups in total. The van der Waals surface area contributed by atoms with Crippen LogP contribution in [-0.4, -0.2) is 36.1 Å².